The monoisotopic (exact) mass is 256 g/mol. The van der Waals surface area contributed by atoms with E-state index in [9.17, 15) is 0 Å². The number of aromatic nitrogens is 2. The molecule has 0 amide bonds. The Labute approximate surface area is 111 Å². The Bertz CT molecular complexity index is 714. The molecule has 2 aromatic heterocycles. The van der Waals surface area contributed by atoms with Crippen molar-refractivity contribution in [1.29, 1.82) is 0 Å². The van der Waals surface area contributed by atoms with Gasteiger partial charge in [-0.1, -0.05) is 41.9 Å². The maximum atomic E-state index is 6.24. The lowest BCUT2D eigenvalue weighted by molar-refractivity contribution is 1.22. The highest BCUT2D eigenvalue weighted by Gasteiger charge is 2.13. The van der Waals surface area contributed by atoms with E-state index < -0.39 is 0 Å². The number of nitrogens with one attached hydrogen (secondary N) is 1. The van der Waals surface area contributed by atoms with Crippen molar-refractivity contribution in [1.82, 2.24) is 9.97 Å². The van der Waals surface area contributed by atoms with E-state index in [-0.39, 0.29) is 0 Å². The van der Waals surface area contributed by atoms with Crippen LogP contribution in [-0.2, 0) is 0 Å². The number of aromatic amines is 1. The number of nitrogens with zero attached hydrogens (tertiary/aromatic N) is 1. The zero-order valence-electron chi connectivity index (χ0n) is 10.3. The van der Waals surface area contributed by atoms with Crippen molar-refractivity contribution in [3.63, 3.8) is 0 Å². The fourth-order valence-corrected chi connectivity index (χ4v) is 2.71. The summed E-state index contributed by atoms with van der Waals surface area (Å²) in [6.07, 6.45) is 0. The van der Waals surface area contributed by atoms with Gasteiger partial charge < -0.3 is 4.98 Å². The highest BCUT2D eigenvalue weighted by molar-refractivity contribution is 6.34. The van der Waals surface area contributed by atoms with Gasteiger partial charge in [-0.25, -0.2) is 4.98 Å². The maximum absolute atomic E-state index is 6.24. The number of rotatable bonds is 1. The Morgan fingerprint density at radius 3 is 2.56 bits per heavy atom. The van der Waals surface area contributed by atoms with E-state index in [2.05, 4.69) is 29.0 Å². The lowest BCUT2D eigenvalue weighted by atomic mass is 10.1. The first-order valence-corrected chi connectivity index (χ1v) is 6.25. The average Bonchev–Trinajstić information content (AvgIpc) is 2.67. The Morgan fingerprint density at radius 2 is 1.83 bits per heavy atom. The molecule has 2 nitrogen and oxygen atoms in total. The van der Waals surface area contributed by atoms with Gasteiger partial charge in [0.2, 0.25) is 0 Å². The number of pyridine rings is 1. The minimum Gasteiger partial charge on any atom is -0.354 e. The Morgan fingerprint density at radius 1 is 1.11 bits per heavy atom. The van der Waals surface area contributed by atoms with Crippen molar-refractivity contribution in [2.24, 2.45) is 0 Å². The van der Waals surface area contributed by atoms with Gasteiger partial charge in [-0.2, -0.15) is 0 Å². The van der Waals surface area contributed by atoms with E-state index in [0.717, 1.165) is 27.9 Å². The molecule has 0 unspecified atom stereocenters. The molecule has 90 valence electrons. The average molecular weight is 257 g/mol. The van der Waals surface area contributed by atoms with Crippen LogP contribution in [-0.4, -0.2) is 9.97 Å². The summed E-state index contributed by atoms with van der Waals surface area (Å²) in [5.74, 6) is 0. The van der Waals surface area contributed by atoms with Crippen LogP contribution in [0.3, 0.4) is 0 Å². The Kier molecular flexibility index (Phi) is 2.60. The van der Waals surface area contributed by atoms with Crippen LogP contribution in [0, 0.1) is 13.8 Å². The number of halogens is 1. The lowest BCUT2D eigenvalue weighted by Gasteiger charge is -1.99. The van der Waals surface area contributed by atoms with Crippen molar-refractivity contribution in [3.8, 4) is 11.3 Å². The van der Waals surface area contributed by atoms with Crippen LogP contribution in [0.5, 0.6) is 0 Å². The molecule has 0 atom stereocenters. The minimum absolute atomic E-state index is 0.570. The zero-order chi connectivity index (χ0) is 12.7. The minimum atomic E-state index is 0.570. The topological polar surface area (TPSA) is 28.7 Å². The standard InChI is InChI=1S/C15H13ClN2/c1-9-8-12-13(15(16)17-9)10(2)14(18-12)11-6-4-3-5-7-11/h3-8,18H,1-2H3. The van der Waals surface area contributed by atoms with Crippen LogP contribution < -0.4 is 0 Å². The molecule has 3 rings (SSSR count). The van der Waals surface area contributed by atoms with Gasteiger partial charge in [0.1, 0.15) is 5.15 Å². The first-order chi connectivity index (χ1) is 8.66. The molecule has 0 radical (unpaired) electrons. The van der Waals surface area contributed by atoms with Gasteiger partial charge in [0.05, 0.1) is 5.52 Å². The van der Waals surface area contributed by atoms with Crippen LogP contribution in [0.4, 0.5) is 0 Å². The Hall–Kier alpha value is -1.80. The number of hydrogen-bond donors (Lipinski definition) is 1. The number of H-pyrrole nitrogens is 1. The second kappa shape index (κ2) is 4.14. The predicted molar refractivity (Wildman–Crippen MR) is 76.0 cm³/mol. The third kappa shape index (κ3) is 1.70. The molecule has 1 aromatic carbocycles. The maximum Gasteiger partial charge on any atom is 0.138 e. The summed E-state index contributed by atoms with van der Waals surface area (Å²) >= 11 is 6.24. The summed E-state index contributed by atoms with van der Waals surface area (Å²) in [6, 6.07) is 12.3. The van der Waals surface area contributed by atoms with E-state index in [1.165, 1.54) is 5.56 Å². The molecule has 1 N–H and O–H groups in total. The molecule has 0 aliphatic carbocycles. The second-order valence-electron chi connectivity index (χ2n) is 4.47. The fourth-order valence-electron chi connectivity index (χ4n) is 2.34. The molecule has 0 bridgehead atoms. The summed E-state index contributed by atoms with van der Waals surface area (Å²) in [6.45, 7) is 4.02. The lowest BCUT2D eigenvalue weighted by Crippen LogP contribution is -1.82. The molecule has 18 heavy (non-hydrogen) atoms. The number of aryl methyl sites for hydroxylation is 2. The second-order valence-corrected chi connectivity index (χ2v) is 4.83. The normalized spacial score (nSPS) is 11.1. The zero-order valence-corrected chi connectivity index (χ0v) is 11.0. The van der Waals surface area contributed by atoms with Gasteiger partial charge in [0.15, 0.2) is 0 Å². The van der Waals surface area contributed by atoms with Crippen molar-refractivity contribution >= 4 is 22.5 Å². The molecule has 0 aliphatic rings. The van der Waals surface area contributed by atoms with Gasteiger partial charge in [-0.15, -0.1) is 0 Å². The summed E-state index contributed by atoms with van der Waals surface area (Å²) in [5, 5.41) is 1.59. The van der Waals surface area contributed by atoms with Crippen LogP contribution >= 0.6 is 11.6 Å². The molecular formula is C15H13ClN2. The highest BCUT2D eigenvalue weighted by atomic mass is 35.5. The van der Waals surface area contributed by atoms with Gasteiger partial charge in [-0.05, 0) is 31.0 Å². The first-order valence-electron chi connectivity index (χ1n) is 5.87. The van der Waals surface area contributed by atoms with Crippen LogP contribution in [0.15, 0.2) is 36.4 Å². The molecule has 2 heterocycles. The highest BCUT2D eigenvalue weighted by Crippen LogP contribution is 2.33. The van der Waals surface area contributed by atoms with Crippen molar-refractivity contribution in [3.05, 3.63) is 52.8 Å². The fraction of sp³-hybridized carbons (Fsp3) is 0.133. The third-order valence-corrected chi connectivity index (χ3v) is 3.45. The largest absolute Gasteiger partial charge is 0.354 e. The molecule has 0 spiro atoms. The molecule has 0 saturated heterocycles. The Balaban J connectivity index is 2.33. The smallest absolute Gasteiger partial charge is 0.138 e. The molecule has 3 heteroatoms. The van der Waals surface area contributed by atoms with Crippen LogP contribution in [0.25, 0.3) is 22.2 Å². The van der Waals surface area contributed by atoms with Gasteiger partial charge >= 0.3 is 0 Å². The summed E-state index contributed by atoms with van der Waals surface area (Å²) in [4.78, 5) is 7.75. The predicted octanol–water partition coefficient (Wildman–Crippen LogP) is 4.50. The van der Waals surface area contributed by atoms with Gasteiger partial charge in [0.25, 0.3) is 0 Å². The number of hydrogen-bond acceptors (Lipinski definition) is 1. The van der Waals surface area contributed by atoms with Crippen molar-refractivity contribution in [2.75, 3.05) is 0 Å². The molecular weight excluding hydrogens is 244 g/mol. The quantitative estimate of drug-likeness (QED) is 0.638. The summed E-state index contributed by atoms with van der Waals surface area (Å²) < 4.78 is 0. The van der Waals surface area contributed by atoms with Gasteiger partial charge in [-0.3, -0.25) is 0 Å². The molecule has 3 aromatic rings. The van der Waals surface area contributed by atoms with E-state index in [1.54, 1.807) is 0 Å². The third-order valence-electron chi connectivity index (χ3n) is 3.18. The number of fused-ring (bicyclic) bond motifs is 1. The van der Waals surface area contributed by atoms with E-state index >= 15 is 0 Å². The summed E-state index contributed by atoms with van der Waals surface area (Å²) in [5.41, 5.74) is 5.39. The molecule has 0 aliphatic heterocycles. The van der Waals surface area contributed by atoms with E-state index in [4.69, 9.17) is 11.6 Å². The van der Waals surface area contributed by atoms with Crippen LogP contribution in [0.2, 0.25) is 5.15 Å². The molecule has 0 saturated carbocycles. The van der Waals surface area contributed by atoms with Crippen LogP contribution in [0.1, 0.15) is 11.3 Å². The van der Waals surface area contributed by atoms with E-state index in [0.29, 0.717) is 5.15 Å². The molecule has 0 fully saturated rings. The number of benzene rings is 1. The van der Waals surface area contributed by atoms with Crippen molar-refractivity contribution in [2.45, 2.75) is 13.8 Å². The first kappa shape index (κ1) is 11.3. The van der Waals surface area contributed by atoms with E-state index in [1.807, 2.05) is 31.2 Å². The summed E-state index contributed by atoms with van der Waals surface area (Å²) in [7, 11) is 0. The SMILES string of the molecule is Cc1cc2[nH]c(-c3ccccc3)c(C)c2c(Cl)n1. The van der Waals surface area contributed by atoms with Crippen molar-refractivity contribution < 1.29 is 0 Å². The van der Waals surface area contributed by atoms with Gasteiger partial charge in [0, 0.05) is 16.8 Å².